The van der Waals surface area contributed by atoms with E-state index in [4.69, 9.17) is 5.73 Å². The van der Waals surface area contributed by atoms with Gasteiger partial charge >= 0.3 is 0 Å². The summed E-state index contributed by atoms with van der Waals surface area (Å²) in [7, 11) is 1.98. The van der Waals surface area contributed by atoms with E-state index in [2.05, 4.69) is 21.0 Å². The molecule has 1 aromatic carbocycles. The first-order valence-corrected chi connectivity index (χ1v) is 6.98. The molecule has 0 aliphatic rings. The maximum Gasteiger partial charge on any atom is 0.181 e. The van der Waals surface area contributed by atoms with Crippen molar-refractivity contribution in [2.75, 3.05) is 5.73 Å². The van der Waals surface area contributed by atoms with Crippen LogP contribution in [0.4, 0.5) is 5.13 Å². The molecule has 4 rings (SSSR count). The van der Waals surface area contributed by atoms with Crippen LogP contribution < -0.4 is 5.73 Å². The van der Waals surface area contributed by atoms with E-state index in [-0.39, 0.29) is 0 Å². The Balaban J connectivity index is 1.97. The Morgan fingerprint density at radius 3 is 2.90 bits per heavy atom. The minimum absolute atomic E-state index is 0.587. The highest BCUT2D eigenvalue weighted by molar-refractivity contribution is 7.22. The summed E-state index contributed by atoms with van der Waals surface area (Å²) >= 11 is 1.49. The average Bonchev–Trinajstić information content (AvgIpc) is 2.98. The second-order valence-electron chi connectivity index (χ2n) is 4.58. The van der Waals surface area contributed by atoms with Crippen LogP contribution >= 0.6 is 11.3 Å². The predicted octanol–water partition coefficient (Wildman–Crippen LogP) is 2.83. The number of pyridine rings is 1. The van der Waals surface area contributed by atoms with Crippen molar-refractivity contribution in [2.45, 2.75) is 0 Å². The van der Waals surface area contributed by atoms with Crippen LogP contribution in [0.2, 0.25) is 0 Å². The fraction of sp³-hybridized carbons (Fsp3) is 0.0714. The molecule has 2 N–H and O–H groups in total. The highest BCUT2D eigenvalue weighted by Crippen LogP contribution is 2.29. The molecule has 0 spiro atoms. The molecule has 0 aliphatic carbocycles. The van der Waals surface area contributed by atoms with E-state index in [1.807, 2.05) is 35.9 Å². The number of hydrogen-bond acceptors (Lipinski definition) is 5. The number of nitrogens with zero attached hydrogens (tertiary/aromatic N) is 4. The molecule has 0 bridgehead atoms. The summed E-state index contributed by atoms with van der Waals surface area (Å²) in [4.78, 5) is 13.3. The van der Waals surface area contributed by atoms with Gasteiger partial charge in [-0.15, -0.1) is 0 Å². The number of fused-ring (bicyclic) bond motifs is 2. The highest BCUT2D eigenvalue weighted by Gasteiger charge is 2.11. The average molecular weight is 281 g/mol. The lowest BCUT2D eigenvalue weighted by Crippen LogP contribution is -1.93. The van der Waals surface area contributed by atoms with Gasteiger partial charge < -0.3 is 10.3 Å². The summed E-state index contributed by atoms with van der Waals surface area (Å²) in [5.41, 5.74) is 9.49. The van der Waals surface area contributed by atoms with Crippen molar-refractivity contribution in [3.63, 3.8) is 0 Å². The van der Waals surface area contributed by atoms with Crippen molar-refractivity contribution in [1.82, 2.24) is 19.5 Å². The molecule has 6 heteroatoms. The zero-order valence-corrected chi connectivity index (χ0v) is 11.6. The van der Waals surface area contributed by atoms with Gasteiger partial charge in [-0.3, -0.25) is 0 Å². The summed E-state index contributed by atoms with van der Waals surface area (Å²) in [5, 5.41) is 0.587. The zero-order valence-electron chi connectivity index (χ0n) is 10.7. The van der Waals surface area contributed by atoms with Crippen molar-refractivity contribution in [3.8, 4) is 11.4 Å². The Morgan fingerprint density at radius 1 is 1.15 bits per heavy atom. The molecule has 3 heterocycles. The minimum atomic E-state index is 0.587. The molecule has 0 fully saturated rings. The lowest BCUT2D eigenvalue weighted by atomic mass is 10.2. The number of nitrogen functional groups attached to an aromatic ring is 1. The van der Waals surface area contributed by atoms with Crippen LogP contribution in [-0.2, 0) is 7.05 Å². The second-order valence-corrected chi connectivity index (χ2v) is 5.64. The first kappa shape index (κ1) is 11.4. The van der Waals surface area contributed by atoms with E-state index in [1.165, 1.54) is 11.3 Å². The first-order chi connectivity index (χ1) is 9.72. The van der Waals surface area contributed by atoms with E-state index in [0.29, 0.717) is 5.13 Å². The largest absolute Gasteiger partial charge is 0.375 e. The van der Waals surface area contributed by atoms with Crippen molar-refractivity contribution < 1.29 is 0 Å². The molecule has 0 atom stereocenters. The second kappa shape index (κ2) is 4.01. The van der Waals surface area contributed by atoms with Gasteiger partial charge in [0.2, 0.25) is 0 Å². The highest BCUT2D eigenvalue weighted by atomic mass is 32.1. The van der Waals surface area contributed by atoms with Gasteiger partial charge in [-0.2, -0.15) is 0 Å². The van der Waals surface area contributed by atoms with Crippen LogP contribution in [0, 0.1) is 0 Å². The van der Waals surface area contributed by atoms with Crippen LogP contribution in [0.15, 0.2) is 36.5 Å². The number of thiazole rings is 1. The predicted molar refractivity (Wildman–Crippen MR) is 81.5 cm³/mol. The Labute approximate surface area is 118 Å². The fourth-order valence-corrected chi connectivity index (χ4v) is 3.14. The van der Waals surface area contributed by atoms with Crippen molar-refractivity contribution in [1.29, 1.82) is 0 Å². The standard InChI is InChI=1S/C14H11N5S/c1-19-12(17-10-3-2-6-16-13(10)19)8-4-5-9-11(7-8)20-14(15)18-9/h2-7H,1H3,(H2,15,18). The quantitative estimate of drug-likeness (QED) is 0.582. The molecule has 0 saturated carbocycles. The molecule has 4 aromatic rings. The Bertz CT molecular complexity index is 937. The number of imidazole rings is 1. The number of rotatable bonds is 1. The lowest BCUT2D eigenvalue weighted by Gasteiger charge is -2.01. The molecule has 5 nitrogen and oxygen atoms in total. The smallest absolute Gasteiger partial charge is 0.181 e. The maximum absolute atomic E-state index is 5.75. The van der Waals surface area contributed by atoms with Crippen LogP contribution in [0.25, 0.3) is 32.8 Å². The summed E-state index contributed by atoms with van der Waals surface area (Å²) in [6.07, 6.45) is 1.78. The number of anilines is 1. The maximum atomic E-state index is 5.75. The topological polar surface area (TPSA) is 69.6 Å². The van der Waals surface area contributed by atoms with E-state index in [9.17, 15) is 0 Å². The van der Waals surface area contributed by atoms with Crippen molar-refractivity contribution in [2.24, 2.45) is 7.05 Å². The number of hydrogen-bond donors (Lipinski definition) is 1. The van der Waals surface area contributed by atoms with Gasteiger partial charge in [-0.05, 0) is 30.3 Å². The lowest BCUT2D eigenvalue weighted by molar-refractivity contribution is 0.942. The molecule has 98 valence electrons. The number of nitrogens with two attached hydrogens (primary N) is 1. The van der Waals surface area contributed by atoms with Gasteiger partial charge in [0.05, 0.1) is 10.2 Å². The van der Waals surface area contributed by atoms with Gasteiger partial charge in [0.25, 0.3) is 0 Å². The number of aryl methyl sites for hydroxylation is 1. The Kier molecular flexibility index (Phi) is 2.28. The zero-order chi connectivity index (χ0) is 13.7. The Hall–Kier alpha value is -2.47. The molecule has 3 aromatic heterocycles. The summed E-state index contributed by atoms with van der Waals surface area (Å²) < 4.78 is 3.07. The van der Waals surface area contributed by atoms with Gasteiger partial charge in [0.15, 0.2) is 10.8 Å². The summed E-state index contributed by atoms with van der Waals surface area (Å²) in [6, 6.07) is 9.93. The molecule has 0 radical (unpaired) electrons. The number of benzene rings is 1. The van der Waals surface area contributed by atoms with E-state index in [0.717, 1.165) is 32.8 Å². The van der Waals surface area contributed by atoms with Crippen molar-refractivity contribution >= 4 is 37.8 Å². The van der Waals surface area contributed by atoms with E-state index < -0.39 is 0 Å². The van der Waals surface area contributed by atoms with E-state index >= 15 is 0 Å². The van der Waals surface area contributed by atoms with E-state index in [1.54, 1.807) is 6.20 Å². The third kappa shape index (κ3) is 1.58. The third-order valence-corrected chi connectivity index (χ3v) is 4.14. The molecule has 20 heavy (non-hydrogen) atoms. The van der Waals surface area contributed by atoms with Crippen LogP contribution in [0.5, 0.6) is 0 Å². The molecular weight excluding hydrogens is 270 g/mol. The molecular formula is C14H11N5S. The van der Waals surface area contributed by atoms with Crippen LogP contribution in [0.3, 0.4) is 0 Å². The van der Waals surface area contributed by atoms with Crippen LogP contribution in [0.1, 0.15) is 0 Å². The SMILES string of the molecule is Cn1c(-c2ccc3nc(N)sc3c2)nc2cccnc21. The van der Waals surface area contributed by atoms with Gasteiger partial charge in [-0.25, -0.2) is 15.0 Å². The normalized spacial score (nSPS) is 11.4. The molecule has 0 amide bonds. The Morgan fingerprint density at radius 2 is 2.05 bits per heavy atom. The molecule has 0 aliphatic heterocycles. The van der Waals surface area contributed by atoms with Crippen molar-refractivity contribution in [3.05, 3.63) is 36.5 Å². The van der Waals surface area contributed by atoms with Gasteiger partial charge in [-0.1, -0.05) is 11.3 Å². The van der Waals surface area contributed by atoms with Crippen LogP contribution in [-0.4, -0.2) is 19.5 Å². The minimum Gasteiger partial charge on any atom is -0.375 e. The first-order valence-electron chi connectivity index (χ1n) is 6.16. The summed E-state index contributed by atoms with van der Waals surface area (Å²) in [6.45, 7) is 0. The monoisotopic (exact) mass is 281 g/mol. The number of aromatic nitrogens is 4. The fourth-order valence-electron chi connectivity index (χ4n) is 2.36. The molecule has 0 unspecified atom stereocenters. The van der Waals surface area contributed by atoms with Gasteiger partial charge in [0.1, 0.15) is 11.3 Å². The molecule has 0 saturated heterocycles. The summed E-state index contributed by atoms with van der Waals surface area (Å²) in [5.74, 6) is 0.896. The van der Waals surface area contributed by atoms with Gasteiger partial charge in [0, 0.05) is 18.8 Å². The third-order valence-electron chi connectivity index (χ3n) is 3.29.